The van der Waals surface area contributed by atoms with E-state index in [-0.39, 0.29) is 0 Å². The Morgan fingerprint density at radius 3 is 1.74 bits per heavy atom. The van der Waals surface area contributed by atoms with E-state index >= 15 is 0 Å². The first-order chi connectivity index (χ1) is 9.31. The summed E-state index contributed by atoms with van der Waals surface area (Å²) in [5, 5.41) is 0. The minimum Gasteiger partial charge on any atom is -0.414 e. The molecular weight excluding hydrogens is 248 g/mol. The van der Waals surface area contributed by atoms with Gasteiger partial charge in [0.15, 0.2) is 0 Å². The normalized spacial score (nSPS) is 9.11. The molecule has 0 heterocycles. The molecule has 0 N–H and O–H groups in total. The van der Waals surface area contributed by atoms with Gasteiger partial charge in [-0.2, -0.15) is 0 Å². The van der Waals surface area contributed by atoms with Gasteiger partial charge in [0.05, 0.1) is 6.61 Å². The molecule has 0 fully saturated rings. The number of hydrogen-bond acceptors (Lipinski definition) is 1. The van der Waals surface area contributed by atoms with Crippen molar-refractivity contribution in [3.8, 4) is 0 Å². The van der Waals surface area contributed by atoms with Crippen LogP contribution >= 0.6 is 0 Å². The van der Waals surface area contributed by atoms with Crippen molar-refractivity contribution in [1.82, 2.24) is 0 Å². The molecule has 0 aliphatic carbocycles. The summed E-state index contributed by atoms with van der Waals surface area (Å²) in [6.07, 6.45) is 3.66. The lowest BCUT2D eigenvalue weighted by Gasteiger charge is -1.96. The molecule has 2 aromatic rings. The van der Waals surface area contributed by atoms with E-state index < -0.39 is 0 Å². The Morgan fingerprint density at radius 2 is 1.32 bits per heavy atom. The Bertz CT molecular complexity index is 479. The van der Waals surface area contributed by atoms with E-state index in [9.17, 15) is 0 Å². The number of hydrogen-bond donors (Lipinski definition) is 0. The Balaban J connectivity index is 0.000000191. The summed E-state index contributed by atoms with van der Waals surface area (Å²) in [6.45, 7) is 8.01. The third-order valence-electron chi connectivity index (χ3n) is 2.52. The summed E-state index contributed by atoms with van der Waals surface area (Å²) >= 11 is 0. The van der Waals surface area contributed by atoms with Crippen LogP contribution in [-0.4, -0.2) is 10.5 Å². The van der Waals surface area contributed by atoms with Gasteiger partial charge in [0, 0.05) is 0 Å². The summed E-state index contributed by atoms with van der Waals surface area (Å²) in [4.78, 5) is 0. The molecule has 0 spiro atoms. The van der Waals surface area contributed by atoms with Crippen molar-refractivity contribution in [2.45, 2.75) is 6.61 Å². The highest BCUT2D eigenvalue weighted by Gasteiger charge is 1.89. The summed E-state index contributed by atoms with van der Waals surface area (Å²) in [6, 6.07) is 18.0. The molecule has 1 nitrogen and oxygen atoms in total. The number of benzene rings is 2. The molecule has 3 radical (unpaired) electrons. The molecule has 2 rings (SSSR count). The predicted octanol–water partition coefficient (Wildman–Crippen LogP) is 4.26. The van der Waals surface area contributed by atoms with Crippen LogP contribution in [-0.2, 0) is 11.0 Å². The molecule has 0 aromatic heterocycles. The third kappa shape index (κ3) is 5.51. The lowest BCUT2D eigenvalue weighted by molar-refractivity contribution is 0.338. The van der Waals surface area contributed by atoms with Crippen LogP contribution in [0.2, 0.25) is 0 Å². The fourth-order valence-corrected chi connectivity index (χ4v) is 1.71. The van der Waals surface area contributed by atoms with Crippen LogP contribution in [0, 0.1) is 0 Å². The zero-order valence-corrected chi connectivity index (χ0v) is 11.9. The highest BCUT2D eigenvalue weighted by Crippen LogP contribution is 2.10. The lowest BCUT2D eigenvalue weighted by atomic mass is 10.1. The van der Waals surface area contributed by atoms with Crippen molar-refractivity contribution in [2.75, 3.05) is 0 Å². The van der Waals surface area contributed by atoms with E-state index in [2.05, 4.69) is 23.6 Å². The van der Waals surface area contributed by atoms with Crippen molar-refractivity contribution in [2.24, 2.45) is 0 Å². The minimum absolute atomic E-state index is 0.623. The topological polar surface area (TPSA) is 9.23 Å². The fourth-order valence-electron chi connectivity index (χ4n) is 1.54. The quantitative estimate of drug-likeness (QED) is 0.751. The second kappa shape index (κ2) is 9.08. The summed E-state index contributed by atoms with van der Waals surface area (Å²) < 4.78 is 4.73. The second-order valence-corrected chi connectivity index (χ2v) is 4.10. The first-order valence-electron chi connectivity index (χ1n) is 5.98. The maximum atomic E-state index is 4.73. The molecule has 0 amide bonds. The lowest BCUT2D eigenvalue weighted by Crippen LogP contribution is -1.85. The molecule has 0 saturated carbocycles. The highest BCUT2D eigenvalue weighted by atomic mass is 28.2. The van der Waals surface area contributed by atoms with Gasteiger partial charge in [-0.25, -0.2) is 0 Å². The monoisotopic (exact) mass is 265 g/mol. The second-order valence-electron chi connectivity index (χ2n) is 3.81. The van der Waals surface area contributed by atoms with E-state index in [0.29, 0.717) is 6.61 Å². The Hall–Kier alpha value is -1.90. The van der Waals surface area contributed by atoms with E-state index in [0.717, 1.165) is 11.1 Å². The zero-order valence-electron chi connectivity index (χ0n) is 10.9. The Kier molecular flexibility index (Phi) is 7.25. The van der Waals surface area contributed by atoms with Crippen LogP contribution in [0.25, 0.3) is 12.2 Å². The van der Waals surface area contributed by atoms with Crippen molar-refractivity contribution >= 4 is 22.6 Å². The van der Waals surface area contributed by atoms with Crippen molar-refractivity contribution < 1.29 is 4.43 Å². The van der Waals surface area contributed by atoms with E-state index in [4.69, 9.17) is 4.43 Å². The Labute approximate surface area is 118 Å². The molecule has 2 aromatic carbocycles. The number of rotatable bonds is 4. The summed E-state index contributed by atoms with van der Waals surface area (Å²) in [5.74, 6) is 0. The summed E-state index contributed by atoms with van der Waals surface area (Å²) in [5.41, 5.74) is 3.45. The van der Waals surface area contributed by atoms with Crippen LogP contribution in [0.4, 0.5) is 0 Å². The molecular formula is C17H17OSi. The van der Waals surface area contributed by atoms with Gasteiger partial charge < -0.3 is 4.43 Å². The first-order valence-corrected chi connectivity index (χ1v) is 6.39. The van der Waals surface area contributed by atoms with E-state index in [1.807, 2.05) is 66.7 Å². The molecule has 95 valence electrons. The van der Waals surface area contributed by atoms with Crippen LogP contribution < -0.4 is 0 Å². The molecule has 0 aliphatic heterocycles. The first kappa shape index (κ1) is 15.2. The van der Waals surface area contributed by atoms with Crippen molar-refractivity contribution in [3.63, 3.8) is 0 Å². The van der Waals surface area contributed by atoms with Gasteiger partial charge in [0.25, 0.3) is 0 Å². The van der Waals surface area contributed by atoms with Gasteiger partial charge in [0.2, 0.25) is 10.5 Å². The molecule has 2 heteroatoms. The molecule has 0 saturated heterocycles. The fraction of sp³-hybridized carbons (Fsp3) is 0.0588. The average molecular weight is 265 g/mol. The van der Waals surface area contributed by atoms with Gasteiger partial charge >= 0.3 is 0 Å². The molecule has 0 atom stereocenters. The maximum Gasteiger partial charge on any atom is 0.246 e. The van der Waals surface area contributed by atoms with Crippen molar-refractivity contribution in [3.05, 3.63) is 84.4 Å². The SMILES string of the molecule is C=Cc1ccccc1C=C.[Si]OCc1ccccc1. The predicted molar refractivity (Wildman–Crippen MR) is 83.6 cm³/mol. The molecule has 0 bridgehead atoms. The molecule has 19 heavy (non-hydrogen) atoms. The molecule has 0 aliphatic rings. The largest absolute Gasteiger partial charge is 0.414 e. The Morgan fingerprint density at radius 1 is 0.842 bits per heavy atom. The zero-order chi connectivity index (χ0) is 13.9. The average Bonchev–Trinajstić information content (AvgIpc) is 2.49. The van der Waals surface area contributed by atoms with Gasteiger partial charge in [-0.3, -0.25) is 0 Å². The van der Waals surface area contributed by atoms with Crippen molar-refractivity contribution in [1.29, 1.82) is 0 Å². The smallest absolute Gasteiger partial charge is 0.246 e. The van der Waals surface area contributed by atoms with Crippen LogP contribution in [0.1, 0.15) is 16.7 Å². The van der Waals surface area contributed by atoms with Crippen LogP contribution in [0.3, 0.4) is 0 Å². The maximum absolute atomic E-state index is 4.73. The van der Waals surface area contributed by atoms with Gasteiger partial charge in [-0.15, -0.1) is 0 Å². The van der Waals surface area contributed by atoms with E-state index in [1.165, 1.54) is 5.56 Å². The van der Waals surface area contributed by atoms with Crippen LogP contribution in [0.5, 0.6) is 0 Å². The third-order valence-corrected chi connectivity index (χ3v) is 2.66. The van der Waals surface area contributed by atoms with Gasteiger partial charge in [-0.1, -0.05) is 79.9 Å². The highest BCUT2D eigenvalue weighted by molar-refractivity contribution is 5.97. The molecule has 0 unspecified atom stereocenters. The van der Waals surface area contributed by atoms with Gasteiger partial charge in [-0.05, 0) is 16.7 Å². The van der Waals surface area contributed by atoms with Crippen LogP contribution in [0.15, 0.2) is 67.8 Å². The standard InChI is InChI=1S/C10H10.C7H7OSi/c1-3-9-7-5-6-8-10(9)4-2;9-8-6-7-4-2-1-3-5-7/h3-8H,1-2H2;1-5H,6H2. The van der Waals surface area contributed by atoms with Gasteiger partial charge in [0.1, 0.15) is 0 Å². The summed E-state index contributed by atoms with van der Waals surface area (Å²) in [7, 11) is 2.93. The van der Waals surface area contributed by atoms with E-state index in [1.54, 1.807) is 0 Å². The minimum atomic E-state index is 0.623.